The van der Waals surface area contributed by atoms with E-state index in [1.807, 2.05) is 0 Å². The van der Waals surface area contributed by atoms with E-state index in [4.69, 9.17) is 5.73 Å². The van der Waals surface area contributed by atoms with Crippen molar-refractivity contribution in [2.45, 2.75) is 19.3 Å². The van der Waals surface area contributed by atoms with Gasteiger partial charge in [0.1, 0.15) is 0 Å². The van der Waals surface area contributed by atoms with Crippen molar-refractivity contribution < 1.29 is 4.79 Å². The van der Waals surface area contributed by atoms with E-state index in [1.165, 1.54) is 19.4 Å². The van der Waals surface area contributed by atoms with E-state index in [0.717, 1.165) is 25.4 Å². The zero-order chi connectivity index (χ0) is 10.6. The molecule has 0 spiro atoms. The van der Waals surface area contributed by atoms with Gasteiger partial charge in [0, 0.05) is 20.1 Å². The van der Waals surface area contributed by atoms with Crippen molar-refractivity contribution >= 4 is 6.03 Å². The smallest absolute Gasteiger partial charge is 0.314 e. The van der Waals surface area contributed by atoms with Crippen LogP contribution in [0.25, 0.3) is 0 Å². The second kappa shape index (κ2) is 5.20. The van der Waals surface area contributed by atoms with Gasteiger partial charge in [-0.25, -0.2) is 4.79 Å². The highest BCUT2D eigenvalue weighted by Crippen LogP contribution is 2.18. The number of nitrogens with two attached hydrogens (primary N) is 1. The van der Waals surface area contributed by atoms with Crippen LogP contribution in [-0.2, 0) is 0 Å². The van der Waals surface area contributed by atoms with Crippen LogP contribution in [0, 0.1) is 5.92 Å². The maximum atomic E-state index is 10.8. The third-order valence-electron chi connectivity index (χ3n) is 2.97. The molecule has 4 nitrogen and oxygen atoms in total. The van der Waals surface area contributed by atoms with Crippen LogP contribution in [0.3, 0.4) is 0 Å². The average molecular weight is 199 g/mol. The maximum Gasteiger partial charge on any atom is 0.314 e. The van der Waals surface area contributed by atoms with E-state index in [9.17, 15) is 4.79 Å². The number of hydrogen-bond acceptors (Lipinski definition) is 2. The van der Waals surface area contributed by atoms with E-state index in [1.54, 1.807) is 11.9 Å². The van der Waals surface area contributed by atoms with Crippen molar-refractivity contribution in [2.24, 2.45) is 11.7 Å². The molecular formula is C10H21N3O. The number of hydrogen-bond donors (Lipinski definition) is 1. The number of carbonyl (C=O) groups excluding carboxylic acids is 1. The Labute approximate surface area is 86.0 Å². The summed E-state index contributed by atoms with van der Waals surface area (Å²) in [6.07, 6.45) is 3.64. The van der Waals surface area contributed by atoms with E-state index >= 15 is 0 Å². The van der Waals surface area contributed by atoms with Crippen LogP contribution in [0.1, 0.15) is 19.3 Å². The first-order valence-corrected chi connectivity index (χ1v) is 5.28. The van der Waals surface area contributed by atoms with Crippen molar-refractivity contribution in [3.8, 4) is 0 Å². The summed E-state index contributed by atoms with van der Waals surface area (Å²) in [6, 6.07) is -0.325. The fourth-order valence-electron chi connectivity index (χ4n) is 2.00. The lowest BCUT2D eigenvalue weighted by Gasteiger charge is -2.30. The summed E-state index contributed by atoms with van der Waals surface area (Å²) in [5.74, 6) is 0.732. The van der Waals surface area contributed by atoms with E-state index in [2.05, 4.69) is 11.9 Å². The van der Waals surface area contributed by atoms with Gasteiger partial charge in [-0.15, -0.1) is 0 Å². The van der Waals surface area contributed by atoms with Gasteiger partial charge in [-0.3, -0.25) is 0 Å². The molecule has 0 aromatic heterocycles. The Morgan fingerprint density at radius 2 is 2.36 bits per heavy atom. The molecule has 0 aromatic rings. The summed E-state index contributed by atoms with van der Waals surface area (Å²) in [5, 5.41) is 0. The van der Waals surface area contributed by atoms with Gasteiger partial charge >= 0.3 is 6.03 Å². The Hall–Kier alpha value is -0.770. The lowest BCUT2D eigenvalue weighted by molar-refractivity contribution is 0.183. The summed E-state index contributed by atoms with van der Waals surface area (Å²) >= 11 is 0. The first-order chi connectivity index (χ1) is 6.59. The first kappa shape index (κ1) is 11.3. The molecule has 0 saturated carbocycles. The predicted octanol–water partition coefficient (Wildman–Crippen LogP) is 0.729. The molecule has 2 N–H and O–H groups in total. The molecule has 82 valence electrons. The number of rotatable bonds is 3. The van der Waals surface area contributed by atoms with Gasteiger partial charge in [0.2, 0.25) is 0 Å². The van der Waals surface area contributed by atoms with Crippen molar-refractivity contribution in [1.82, 2.24) is 9.80 Å². The molecule has 1 rings (SSSR count). The normalized spacial score (nSPS) is 23.4. The molecule has 1 unspecified atom stereocenters. The largest absolute Gasteiger partial charge is 0.351 e. The monoisotopic (exact) mass is 199 g/mol. The SMILES string of the molecule is CN1CCCC(CCN(C)C(N)=O)C1. The van der Waals surface area contributed by atoms with Gasteiger partial charge in [0.05, 0.1) is 0 Å². The van der Waals surface area contributed by atoms with Crippen molar-refractivity contribution in [1.29, 1.82) is 0 Å². The molecule has 1 aliphatic heterocycles. The van der Waals surface area contributed by atoms with Crippen LogP contribution in [0.5, 0.6) is 0 Å². The number of likely N-dealkylation sites (tertiary alicyclic amines) is 1. The number of amides is 2. The third-order valence-corrected chi connectivity index (χ3v) is 2.97. The molecule has 4 heteroatoms. The Balaban J connectivity index is 2.20. The lowest BCUT2D eigenvalue weighted by Crippen LogP contribution is -2.37. The highest BCUT2D eigenvalue weighted by molar-refractivity contribution is 5.71. The highest BCUT2D eigenvalue weighted by atomic mass is 16.2. The standard InChI is InChI=1S/C10H21N3O/c1-12-6-3-4-9(8-12)5-7-13(2)10(11)14/h9H,3-8H2,1-2H3,(H2,11,14). The molecule has 1 saturated heterocycles. The third kappa shape index (κ3) is 3.54. The van der Waals surface area contributed by atoms with Crippen LogP contribution < -0.4 is 5.73 Å². The summed E-state index contributed by atoms with van der Waals surface area (Å²) in [5.41, 5.74) is 5.16. The van der Waals surface area contributed by atoms with Gasteiger partial charge in [0.15, 0.2) is 0 Å². The first-order valence-electron chi connectivity index (χ1n) is 5.28. The summed E-state index contributed by atoms with van der Waals surface area (Å²) in [7, 11) is 3.92. The Bertz CT molecular complexity index is 196. The van der Waals surface area contributed by atoms with Crippen LogP contribution >= 0.6 is 0 Å². The molecule has 0 aliphatic carbocycles. The van der Waals surface area contributed by atoms with Gasteiger partial charge in [-0.05, 0) is 38.8 Å². The van der Waals surface area contributed by atoms with Crippen molar-refractivity contribution in [3.63, 3.8) is 0 Å². The van der Waals surface area contributed by atoms with Crippen LogP contribution in [-0.4, -0.2) is 49.6 Å². The van der Waals surface area contributed by atoms with Gasteiger partial charge in [0.25, 0.3) is 0 Å². The maximum absolute atomic E-state index is 10.8. The molecular weight excluding hydrogens is 178 g/mol. The number of carbonyl (C=O) groups is 1. The number of piperidine rings is 1. The molecule has 2 amide bonds. The van der Waals surface area contributed by atoms with Crippen LogP contribution in [0.15, 0.2) is 0 Å². The minimum atomic E-state index is -0.325. The summed E-state index contributed by atoms with van der Waals surface area (Å²) in [4.78, 5) is 14.7. The molecule has 1 fully saturated rings. The molecule has 0 radical (unpaired) electrons. The predicted molar refractivity (Wildman–Crippen MR) is 57.1 cm³/mol. The molecule has 1 heterocycles. The quantitative estimate of drug-likeness (QED) is 0.728. The van der Waals surface area contributed by atoms with Crippen molar-refractivity contribution in [2.75, 3.05) is 33.7 Å². The molecule has 14 heavy (non-hydrogen) atoms. The Morgan fingerprint density at radius 3 is 2.93 bits per heavy atom. The number of nitrogens with zero attached hydrogens (tertiary/aromatic N) is 2. The van der Waals surface area contributed by atoms with E-state index in [0.29, 0.717) is 0 Å². The summed E-state index contributed by atoms with van der Waals surface area (Å²) in [6.45, 7) is 3.16. The molecule has 0 aromatic carbocycles. The molecule has 1 aliphatic rings. The highest BCUT2D eigenvalue weighted by Gasteiger charge is 2.17. The minimum absolute atomic E-state index is 0.325. The minimum Gasteiger partial charge on any atom is -0.351 e. The number of urea groups is 1. The zero-order valence-corrected chi connectivity index (χ0v) is 9.20. The Kier molecular flexibility index (Phi) is 4.20. The fourth-order valence-corrected chi connectivity index (χ4v) is 2.00. The Morgan fingerprint density at radius 1 is 1.64 bits per heavy atom. The van der Waals surface area contributed by atoms with Gasteiger partial charge < -0.3 is 15.5 Å². The fraction of sp³-hybridized carbons (Fsp3) is 0.900. The van der Waals surface area contributed by atoms with E-state index in [-0.39, 0.29) is 6.03 Å². The van der Waals surface area contributed by atoms with Gasteiger partial charge in [-0.2, -0.15) is 0 Å². The average Bonchev–Trinajstić information content (AvgIpc) is 2.14. The molecule has 0 bridgehead atoms. The van der Waals surface area contributed by atoms with Crippen molar-refractivity contribution in [3.05, 3.63) is 0 Å². The van der Waals surface area contributed by atoms with Gasteiger partial charge in [-0.1, -0.05) is 0 Å². The van der Waals surface area contributed by atoms with Crippen LogP contribution in [0.4, 0.5) is 4.79 Å². The topological polar surface area (TPSA) is 49.6 Å². The summed E-state index contributed by atoms with van der Waals surface area (Å²) < 4.78 is 0. The zero-order valence-electron chi connectivity index (χ0n) is 9.20. The number of primary amides is 1. The lowest BCUT2D eigenvalue weighted by atomic mass is 9.95. The second-order valence-electron chi connectivity index (χ2n) is 4.32. The second-order valence-corrected chi connectivity index (χ2v) is 4.32. The van der Waals surface area contributed by atoms with E-state index < -0.39 is 0 Å². The molecule has 1 atom stereocenters. The van der Waals surface area contributed by atoms with Crippen LogP contribution in [0.2, 0.25) is 0 Å².